The molecule has 0 aliphatic heterocycles. The molecule has 0 unspecified atom stereocenters. The van der Waals surface area contributed by atoms with Crippen molar-refractivity contribution in [2.45, 2.75) is 45.6 Å². The van der Waals surface area contributed by atoms with Crippen LogP contribution in [0.5, 0.6) is 0 Å². The van der Waals surface area contributed by atoms with E-state index in [-0.39, 0.29) is 5.54 Å². The Balaban J connectivity index is 2.82. The van der Waals surface area contributed by atoms with Crippen LogP contribution in [0.2, 0.25) is 0 Å². The number of aromatic nitrogens is 1. The van der Waals surface area contributed by atoms with E-state index in [0.717, 1.165) is 24.9 Å². The molecule has 0 radical (unpaired) electrons. The van der Waals surface area contributed by atoms with Crippen molar-refractivity contribution in [3.8, 4) is 0 Å². The number of rotatable bonds is 5. The highest BCUT2D eigenvalue weighted by atomic mass is 15.0. The molecule has 0 saturated carbocycles. The third-order valence-corrected chi connectivity index (χ3v) is 3.20. The fraction of sp³-hybridized carbons (Fsp3) is 0.583. The lowest BCUT2D eigenvalue weighted by molar-refractivity contribution is 0.420. The monoisotopic (exact) mass is 207 g/mol. The van der Waals surface area contributed by atoms with Crippen LogP contribution in [-0.2, 0) is 0 Å². The number of pyridine rings is 1. The number of hydrogen-bond acceptors (Lipinski definition) is 3. The van der Waals surface area contributed by atoms with Crippen LogP contribution in [0.25, 0.3) is 0 Å². The van der Waals surface area contributed by atoms with Gasteiger partial charge in [0.2, 0.25) is 0 Å². The normalized spacial score (nSPS) is 11.4. The predicted molar refractivity (Wildman–Crippen MR) is 65.9 cm³/mol. The maximum atomic E-state index is 5.70. The van der Waals surface area contributed by atoms with Crippen molar-refractivity contribution < 1.29 is 0 Å². The SMILES string of the molecule is CCC(CC)(CC)Nc1cncc(N)c1. The lowest BCUT2D eigenvalue weighted by Gasteiger charge is -2.32. The van der Waals surface area contributed by atoms with E-state index in [1.54, 1.807) is 6.20 Å². The fourth-order valence-electron chi connectivity index (χ4n) is 1.85. The summed E-state index contributed by atoms with van der Waals surface area (Å²) in [7, 11) is 0. The van der Waals surface area contributed by atoms with E-state index >= 15 is 0 Å². The molecule has 0 amide bonds. The molecule has 1 rings (SSSR count). The van der Waals surface area contributed by atoms with Gasteiger partial charge in [-0.2, -0.15) is 0 Å². The molecule has 0 atom stereocenters. The van der Waals surface area contributed by atoms with Crippen molar-refractivity contribution in [1.82, 2.24) is 4.98 Å². The van der Waals surface area contributed by atoms with Gasteiger partial charge >= 0.3 is 0 Å². The van der Waals surface area contributed by atoms with Gasteiger partial charge in [-0.25, -0.2) is 0 Å². The first-order valence-corrected chi connectivity index (χ1v) is 5.64. The van der Waals surface area contributed by atoms with E-state index in [2.05, 4.69) is 31.1 Å². The smallest absolute Gasteiger partial charge is 0.0551 e. The number of nitrogens with zero attached hydrogens (tertiary/aromatic N) is 1. The van der Waals surface area contributed by atoms with Crippen LogP contribution >= 0.6 is 0 Å². The first-order chi connectivity index (χ1) is 7.15. The third-order valence-electron chi connectivity index (χ3n) is 3.20. The number of nitrogens with two attached hydrogens (primary N) is 1. The summed E-state index contributed by atoms with van der Waals surface area (Å²) < 4.78 is 0. The van der Waals surface area contributed by atoms with Gasteiger partial charge in [0.25, 0.3) is 0 Å². The van der Waals surface area contributed by atoms with Crippen LogP contribution < -0.4 is 11.1 Å². The number of hydrogen-bond donors (Lipinski definition) is 2. The predicted octanol–water partition coefficient (Wildman–Crippen LogP) is 3.04. The third kappa shape index (κ3) is 2.85. The van der Waals surface area contributed by atoms with Gasteiger partial charge in [-0.15, -0.1) is 0 Å². The minimum Gasteiger partial charge on any atom is -0.397 e. The van der Waals surface area contributed by atoms with Gasteiger partial charge in [0, 0.05) is 11.7 Å². The molecule has 3 heteroatoms. The summed E-state index contributed by atoms with van der Waals surface area (Å²) in [6.45, 7) is 6.62. The highest BCUT2D eigenvalue weighted by Gasteiger charge is 2.23. The van der Waals surface area contributed by atoms with Crippen molar-refractivity contribution in [3.63, 3.8) is 0 Å². The molecule has 1 aromatic heterocycles. The largest absolute Gasteiger partial charge is 0.397 e. The molecule has 0 aromatic carbocycles. The standard InChI is InChI=1S/C12H21N3/c1-4-12(5-2,6-3)15-11-7-10(13)8-14-9-11/h7-9,15H,4-6,13H2,1-3H3. The van der Waals surface area contributed by atoms with Crippen LogP contribution in [-0.4, -0.2) is 10.5 Å². The molecule has 84 valence electrons. The van der Waals surface area contributed by atoms with Gasteiger partial charge in [-0.3, -0.25) is 4.98 Å². The second-order valence-electron chi connectivity index (χ2n) is 3.97. The van der Waals surface area contributed by atoms with Crippen LogP contribution in [0.3, 0.4) is 0 Å². The summed E-state index contributed by atoms with van der Waals surface area (Å²) in [4.78, 5) is 4.08. The zero-order valence-corrected chi connectivity index (χ0v) is 9.88. The minimum atomic E-state index is 0.176. The molecule has 3 N–H and O–H groups in total. The van der Waals surface area contributed by atoms with Gasteiger partial charge in [0.05, 0.1) is 17.6 Å². The summed E-state index contributed by atoms with van der Waals surface area (Å²) in [5.41, 5.74) is 7.60. The van der Waals surface area contributed by atoms with Gasteiger partial charge in [0.15, 0.2) is 0 Å². The average Bonchev–Trinajstić information content (AvgIpc) is 2.26. The molecule has 0 fully saturated rings. The quantitative estimate of drug-likeness (QED) is 0.780. The Morgan fingerprint density at radius 1 is 1.20 bits per heavy atom. The molecule has 0 aliphatic carbocycles. The summed E-state index contributed by atoms with van der Waals surface area (Å²) in [6, 6.07) is 1.93. The van der Waals surface area contributed by atoms with E-state index < -0.39 is 0 Å². The van der Waals surface area contributed by atoms with Crippen LogP contribution in [0.4, 0.5) is 11.4 Å². The Hall–Kier alpha value is -1.25. The zero-order chi connectivity index (χ0) is 11.3. The minimum absolute atomic E-state index is 0.176. The molecule has 1 heterocycles. The number of anilines is 2. The van der Waals surface area contributed by atoms with Crippen molar-refractivity contribution in [3.05, 3.63) is 18.5 Å². The topological polar surface area (TPSA) is 50.9 Å². The van der Waals surface area contributed by atoms with E-state index in [1.807, 2.05) is 12.3 Å². The number of nitrogens with one attached hydrogen (secondary N) is 1. The second kappa shape index (κ2) is 5.01. The van der Waals surface area contributed by atoms with E-state index in [9.17, 15) is 0 Å². The zero-order valence-electron chi connectivity index (χ0n) is 9.88. The molecule has 0 spiro atoms. The maximum absolute atomic E-state index is 5.70. The molecular formula is C12H21N3. The molecule has 0 bridgehead atoms. The van der Waals surface area contributed by atoms with Crippen LogP contribution in [0.1, 0.15) is 40.0 Å². The lowest BCUT2D eigenvalue weighted by atomic mass is 9.89. The second-order valence-corrected chi connectivity index (χ2v) is 3.97. The first kappa shape index (κ1) is 11.8. The van der Waals surface area contributed by atoms with Crippen molar-refractivity contribution in [2.24, 2.45) is 0 Å². The van der Waals surface area contributed by atoms with Gasteiger partial charge in [0.1, 0.15) is 0 Å². The Morgan fingerprint density at radius 2 is 1.80 bits per heavy atom. The molecule has 3 nitrogen and oxygen atoms in total. The summed E-state index contributed by atoms with van der Waals surface area (Å²) in [6.07, 6.45) is 6.81. The van der Waals surface area contributed by atoms with Gasteiger partial charge < -0.3 is 11.1 Å². The van der Waals surface area contributed by atoms with Gasteiger partial charge in [-0.1, -0.05) is 20.8 Å². The Morgan fingerprint density at radius 3 is 2.27 bits per heavy atom. The maximum Gasteiger partial charge on any atom is 0.0551 e. The first-order valence-electron chi connectivity index (χ1n) is 5.64. The van der Waals surface area contributed by atoms with E-state index in [4.69, 9.17) is 5.73 Å². The molecule has 0 saturated heterocycles. The van der Waals surface area contributed by atoms with Crippen molar-refractivity contribution in [2.75, 3.05) is 11.1 Å². The lowest BCUT2D eigenvalue weighted by Crippen LogP contribution is -2.36. The molecular weight excluding hydrogens is 186 g/mol. The summed E-state index contributed by atoms with van der Waals surface area (Å²) in [5.74, 6) is 0. The van der Waals surface area contributed by atoms with Crippen molar-refractivity contribution in [1.29, 1.82) is 0 Å². The van der Waals surface area contributed by atoms with Crippen LogP contribution in [0.15, 0.2) is 18.5 Å². The fourth-order valence-corrected chi connectivity index (χ4v) is 1.85. The van der Waals surface area contributed by atoms with E-state index in [0.29, 0.717) is 5.69 Å². The van der Waals surface area contributed by atoms with E-state index in [1.165, 1.54) is 0 Å². The average molecular weight is 207 g/mol. The van der Waals surface area contributed by atoms with Crippen molar-refractivity contribution >= 4 is 11.4 Å². The summed E-state index contributed by atoms with van der Waals surface area (Å²) >= 11 is 0. The highest BCUT2D eigenvalue weighted by molar-refractivity contribution is 5.52. The number of nitrogen functional groups attached to an aromatic ring is 1. The molecule has 1 aromatic rings. The Labute approximate surface area is 92.1 Å². The highest BCUT2D eigenvalue weighted by Crippen LogP contribution is 2.25. The molecule has 15 heavy (non-hydrogen) atoms. The Bertz CT molecular complexity index is 297. The summed E-state index contributed by atoms with van der Waals surface area (Å²) in [5, 5.41) is 3.54. The molecule has 0 aliphatic rings. The van der Waals surface area contributed by atoms with Gasteiger partial charge in [-0.05, 0) is 25.3 Å². The van der Waals surface area contributed by atoms with Crippen LogP contribution in [0, 0.1) is 0 Å². The Kier molecular flexibility index (Phi) is 3.95.